The number of benzene rings is 1. The minimum Gasteiger partial charge on any atom is -0.325 e. The lowest BCUT2D eigenvalue weighted by Crippen LogP contribution is -2.32. The van der Waals surface area contributed by atoms with Gasteiger partial charge < -0.3 is 4.84 Å². The number of imide groups is 1. The van der Waals surface area contributed by atoms with Crippen LogP contribution in [0.1, 0.15) is 28.8 Å². The second kappa shape index (κ2) is 8.16. The number of anilines is 1. The van der Waals surface area contributed by atoms with Crippen LogP contribution in [0.2, 0.25) is 0 Å². The molecule has 1 aromatic heterocycles. The fourth-order valence-corrected chi connectivity index (χ4v) is 2.91. The van der Waals surface area contributed by atoms with Crippen molar-refractivity contribution < 1.29 is 32.2 Å². The Hall–Kier alpha value is -3.64. The van der Waals surface area contributed by atoms with Gasteiger partial charge in [0.25, 0.3) is 21.9 Å². The smallest absolute Gasteiger partial charge is 0.325 e. The van der Waals surface area contributed by atoms with Crippen LogP contribution in [-0.4, -0.2) is 47.0 Å². The standard InChI is InChI=1S/C17H14N4O7S/c22-14-6-7-15(23)21(14)28-17(24)13-5-2-8-18-16(13)20-19-10-11-3-1-4-12(9-11)29(25,26)27/h1-5,8-10H,6-7H2,(H,18,20)(H,25,26,27)/b19-10+. The number of aromatic nitrogens is 1. The van der Waals surface area contributed by atoms with E-state index in [1.165, 1.54) is 48.8 Å². The molecule has 1 fully saturated rings. The van der Waals surface area contributed by atoms with E-state index >= 15 is 0 Å². The SMILES string of the molecule is O=C(ON1C(=O)CCC1=O)c1cccnc1N/N=C/c1cccc(S(=O)(=O)O)c1. The molecule has 12 heteroatoms. The normalized spacial score (nSPS) is 14.4. The monoisotopic (exact) mass is 418 g/mol. The van der Waals surface area contributed by atoms with Crippen LogP contribution in [0.3, 0.4) is 0 Å². The number of hydrogen-bond acceptors (Lipinski definition) is 9. The molecule has 0 atom stereocenters. The van der Waals surface area contributed by atoms with Crippen LogP contribution in [0.25, 0.3) is 0 Å². The maximum Gasteiger partial charge on any atom is 0.367 e. The summed E-state index contributed by atoms with van der Waals surface area (Å²) in [4.78, 5) is 44.0. The Morgan fingerprint density at radius 3 is 2.62 bits per heavy atom. The highest BCUT2D eigenvalue weighted by Crippen LogP contribution is 2.18. The van der Waals surface area contributed by atoms with Gasteiger partial charge in [-0.15, -0.1) is 5.06 Å². The van der Waals surface area contributed by atoms with E-state index in [9.17, 15) is 22.8 Å². The topological polar surface area (TPSA) is 155 Å². The van der Waals surface area contributed by atoms with E-state index < -0.39 is 27.9 Å². The molecule has 2 amide bonds. The minimum atomic E-state index is -4.36. The summed E-state index contributed by atoms with van der Waals surface area (Å²) in [5.41, 5.74) is 2.77. The maximum absolute atomic E-state index is 12.3. The van der Waals surface area contributed by atoms with Crippen molar-refractivity contribution in [2.24, 2.45) is 5.10 Å². The van der Waals surface area contributed by atoms with E-state index in [1.54, 1.807) is 0 Å². The van der Waals surface area contributed by atoms with Crippen LogP contribution in [0.4, 0.5) is 5.82 Å². The Bertz CT molecular complexity index is 1100. The Morgan fingerprint density at radius 1 is 1.21 bits per heavy atom. The van der Waals surface area contributed by atoms with Gasteiger partial charge in [0.1, 0.15) is 5.56 Å². The molecule has 1 aliphatic rings. The molecular formula is C17H14N4O7S. The van der Waals surface area contributed by atoms with Gasteiger partial charge in [-0.3, -0.25) is 19.6 Å². The van der Waals surface area contributed by atoms with Crippen molar-refractivity contribution >= 4 is 39.9 Å². The fourth-order valence-electron chi connectivity index (χ4n) is 2.37. The number of hydrazone groups is 1. The van der Waals surface area contributed by atoms with E-state index in [4.69, 9.17) is 9.39 Å². The third kappa shape index (κ3) is 4.80. The molecule has 11 nitrogen and oxygen atoms in total. The summed E-state index contributed by atoms with van der Waals surface area (Å²) in [6, 6.07) is 8.18. The molecule has 0 saturated carbocycles. The molecule has 2 aromatic rings. The summed E-state index contributed by atoms with van der Waals surface area (Å²) >= 11 is 0. The first-order valence-corrected chi connectivity index (χ1v) is 9.59. The van der Waals surface area contributed by atoms with Crippen molar-refractivity contribution in [1.29, 1.82) is 0 Å². The zero-order valence-electron chi connectivity index (χ0n) is 14.7. The lowest BCUT2D eigenvalue weighted by atomic mass is 10.2. The number of rotatable bonds is 6. The first-order valence-electron chi connectivity index (χ1n) is 8.15. The van der Waals surface area contributed by atoms with Gasteiger partial charge in [-0.1, -0.05) is 12.1 Å². The Balaban J connectivity index is 1.74. The van der Waals surface area contributed by atoms with E-state index in [0.29, 0.717) is 10.6 Å². The van der Waals surface area contributed by atoms with Crippen molar-refractivity contribution in [3.8, 4) is 0 Å². The Kier molecular flexibility index (Phi) is 5.66. The van der Waals surface area contributed by atoms with Gasteiger partial charge in [0.15, 0.2) is 5.82 Å². The molecule has 0 spiro atoms. The third-order valence-corrected chi connectivity index (χ3v) is 4.60. The van der Waals surface area contributed by atoms with Gasteiger partial charge in [-0.05, 0) is 29.8 Å². The number of amides is 2. The van der Waals surface area contributed by atoms with Crippen LogP contribution in [0.15, 0.2) is 52.6 Å². The third-order valence-electron chi connectivity index (χ3n) is 3.75. The van der Waals surface area contributed by atoms with Crippen LogP contribution < -0.4 is 5.43 Å². The maximum atomic E-state index is 12.3. The summed E-state index contributed by atoms with van der Waals surface area (Å²) in [5.74, 6) is -2.22. The first-order chi connectivity index (χ1) is 13.8. The zero-order chi connectivity index (χ0) is 21.0. The van der Waals surface area contributed by atoms with Gasteiger partial charge in [-0.25, -0.2) is 9.78 Å². The van der Waals surface area contributed by atoms with E-state index in [2.05, 4.69) is 15.5 Å². The lowest BCUT2D eigenvalue weighted by Gasteiger charge is -2.13. The van der Waals surface area contributed by atoms with E-state index in [1.807, 2.05) is 0 Å². The molecule has 0 bridgehead atoms. The molecule has 2 heterocycles. The quantitative estimate of drug-likeness (QED) is 0.302. The number of carbonyl (C=O) groups is 3. The molecule has 29 heavy (non-hydrogen) atoms. The number of hydroxylamine groups is 2. The fraction of sp³-hybridized carbons (Fsp3) is 0.118. The van der Waals surface area contributed by atoms with Crippen molar-refractivity contribution in [2.45, 2.75) is 17.7 Å². The number of hydrogen-bond donors (Lipinski definition) is 2. The molecule has 0 unspecified atom stereocenters. The first kappa shape index (κ1) is 20.1. The van der Waals surface area contributed by atoms with Gasteiger partial charge in [0.2, 0.25) is 0 Å². The van der Waals surface area contributed by atoms with E-state index in [0.717, 1.165) is 0 Å². The second-order valence-corrected chi connectivity index (χ2v) is 7.20. The molecular weight excluding hydrogens is 404 g/mol. The van der Waals surface area contributed by atoms with E-state index in [-0.39, 0.29) is 29.1 Å². The van der Waals surface area contributed by atoms with Gasteiger partial charge in [-0.2, -0.15) is 13.5 Å². The van der Waals surface area contributed by atoms with Gasteiger partial charge in [0, 0.05) is 19.0 Å². The van der Waals surface area contributed by atoms with Crippen molar-refractivity contribution in [3.63, 3.8) is 0 Å². The highest BCUT2D eigenvalue weighted by molar-refractivity contribution is 7.85. The number of nitrogens with zero attached hydrogens (tertiary/aromatic N) is 3. The Morgan fingerprint density at radius 2 is 1.93 bits per heavy atom. The largest absolute Gasteiger partial charge is 0.367 e. The molecule has 1 aliphatic heterocycles. The van der Waals surface area contributed by atoms with Crippen LogP contribution in [-0.2, 0) is 24.5 Å². The molecule has 2 N–H and O–H groups in total. The Labute approximate surface area is 164 Å². The molecule has 0 radical (unpaired) electrons. The minimum absolute atomic E-state index is 0.0150. The highest BCUT2D eigenvalue weighted by Gasteiger charge is 2.33. The summed E-state index contributed by atoms with van der Waals surface area (Å²) in [5, 5.41) is 4.29. The van der Waals surface area contributed by atoms with Gasteiger partial charge >= 0.3 is 5.97 Å². The molecule has 0 aliphatic carbocycles. The number of pyridine rings is 1. The second-order valence-electron chi connectivity index (χ2n) is 5.78. The average Bonchev–Trinajstić information content (AvgIpc) is 3.00. The van der Waals surface area contributed by atoms with Crippen molar-refractivity contribution in [3.05, 3.63) is 53.7 Å². The van der Waals surface area contributed by atoms with Crippen molar-refractivity contribution in [2.75, 3.05) is 5.43 Å². The number of nitrogens with one attached hydrogen (secondary N) is 1. The van der Waals surface area contributed by atoms with Gasteiger partial charge in [0.05, 0.1) is 11.1 Å². The zero-order valence-corrected chi connectivity index (χ0v) is 15.5. The highest BCUT2D eigenvalue weighted by atomic mass is 32.2. The summed E-state index contributed by atoms with van der Waals surface area (Å²) in [6.45, 7) is 0. The van der Waals surface area contributed by atoms with Crippen LogP contribution in [0.5, 0.6) is 0 Å². The molecule has 1 saturated heterocycles. The van der Waals surface area contributed by atoms with Crippen molar-refractivity contribution in [1.82, 2.24) is 10.0 Å². The molecule has 150 valence electrons. The predicted molar refractivity (Wildman–Crippen MR) is 98.2 cm³/mol. The summed E-state index contributed by atoms with van der Waals surface area (Å²) < 4.78 is 31.4. The number of carbonyl (C=O) groups excluding carboxylic acids is 3. The average molecular weight is 418 g/mol. The van der Waals surface area contributed by atoms with Crippen LogP contribution >= 0.6 is 0 Å². The summed E-state index contributed by atoms with van der Waals surface area (Å²) in [7, 11) is -4.36. The van der Waals surface area contributed by atoms with Crippen LogP contribution in [0, 0.1) is 0 Å². The predicted octanol–water partition coefficient (Wildman–Crippen LogP) is 0.995. The summed E-state index contributed by atoms with van der Waals surface area (Å²) in [6.07, 6.45) is 2.56. The molecule has 3 rings (SSSR count). The molecule has 1 aromatic carbocycles. The lowest BCUT2D eigenvalue weighted by molar-refractivity contribution is -0.172.